The van der Waals surface area contributed by atoms with Crippen LogP contribution in [0.15, 0.2) is 24.3 Å². The van der Waals surface area contributed by atoms with Crippen LogP contribution >= 0.6 is 12.4 Å². The maximum Gasteiger partial charge on any atom is 0.308 e. The summed E-state index contributed by atoms with van der Waals surface area (Å²) in [5.41, 5.74) is 0.847. The van der Waals surface area contributed by atoms with Gasteiger partial charge < -0.3 is 10.4 Å². The van der Waals surface area contributed by atoms with Crippen LogP contribution in [0.5, 0.6) is 0 Å². The number of hydrogen-bond donors (Lipinski definition) is 2. The van der Waals surface area contributed by atoms with Crippen molar-refractivity contribution in [1.29, 1.82) is 0 Å². The van der Waals surface area contributed by atoms with E-state index in [0.717, 1.165) is 5.56 Å². The largest absolute Gasteiger partial charge is 0.481 e. The van der Waals surface area contributed by atoms with Gasteiger partial charge in [-0.25, -0.2) is 0 Å². The first kappa shape index (κ1) is 14.4. The second-order valence-electron chi connectivity index (χ2n) is 4.06. The van der Waals surface area contributed by atoms with E-state index in [1.807, 2.05) is 0 Å². The number of aliphatic carboxylic acids is 1. The zero-order chi connectivity index (χ0) is 12.4. The minimum absolute atomic E-state index is 0. The minimum Gasteiger partial charge on any atom is -0.481 e. The van der Waals surface area contributed by atoms with E-state index in [4.69, 9.17) is 5.11 Å². The maximum absolute atomic E-state index is 11.0. The topological polar surface area (TPSA) is 92.5 Å². The highest BCUT2D eigenvalue weighted by atomic mass is 35.5. The van der Waals surface area contributed by atoms with Crippen molar-refractivity contribution in [3.63, 3.8) is 0 Å². The molecule has 2 N–H and O–H groups in total. The first-order chi connectivity index (χ1) is 8.09. The molecule has 6 nitrogen and oxygen atoms in total. The van der Waals surface area contributed by atoms with E-state index in [9.17, 15) is 14.9 Å². The second-order valence-corrected chi connectivity index (χ2v) is 4.06. The van der Waals surface area contributed by atoms with Gasteiger partial charge in [-0.05, 0) is 5.56 Å². The summed E-state index contributed by atoms with van der Waals surface area (Å²) in [5, 5.41) is 22.6. The summed E-state index contributed by atoms with van der Waals surface area (Å²) in [6.07, 6.45) is 0. The summed E-state index contributed by atoms with van der Waals surface area (Å²) < 4.78 is 0. The molecule has 18 heavy (non-hydrogen) atoms. The number of hydrogen-bond acceptors (Lipinski definition) is 4. The van der Waals surface area contributed by atoms with Gasteiger partial charge >= 0.3 is 5.97 Å². The molecule has 0 bridgehead atoms. The summed E-state index contributed by atoms with van der Waals surface area (Å²) in [5.74, 6) is -1.41. The number of rotatable bonds is 3. The van der Waals surface area contributed by atoms with E-state index < -0.39 is 16.8 Å². The van der Waals surface area contributed by atoms with Crippen LogP contribution in [-0.4, -0.2) is 29.1 Å². The van der Waals surface area contributed by atoms with Crippen molar-refractivity contribution < 1.29 is 14.8 Å². The van der Waals surface area contributed by atoms with Gasteiger partial charge in [0.1, 0.15) is 0 Å². The highest BCUT2D eigenvalue weighted by Gasteiger charge is 2.33. The van der Waals surface area contributed by atoms with Crippen LogP contribution in [0.4, 0.5) is 5.69 Å². The first-order valence-corrected chi connectivity index (χ1v) is 5.27. The molecule has 7 heteroatoms. The van der Waals surface area contributed by atoms with Crippen LogP contribution in [0.3, 0.4) is 0 Å². The molecular weight excluding hydrogens is 260 g/mol. The van der Waals surface area contributed by atoms with Crippen LogP contribution in [0, 0.1) is 16.0 Å². The first-order valence-electron chi connectivity index (χ1n) is 5.27. The molecule has 0 amide bonds. The standard InChI is InChI=1S/C11H12N2O4.ClH/c14-11(15)10-6-12-5-9(10)7-1-3-8(4-2-7)13(16)17;/h1-4,9-10,12H,5-6H2,(H,14,15);1H/t9-,10+;/m1./s1. The van der Waals surface area contributed by atoms with Gasteiger partial charge in [0.05, 0.1) is 10.8 Å². The zero-order valence-electron chi connectivity index (χ0n) is 9.41. The van der Waals surface area contributed by atoms with E-state index in [-0.39, 0.29) is 24.0 Å². The number of nitrogens with zero attached hydrogens (tertiary/aromatic N) is 1. The third-order valence-corrected chi connectivity index (χ3v) is 3.06. The predicted octanol–water partition coefficient (Wildman–Crippen LogP) is 1.40. The summed E-state index contributed by atoms with van der Waals surface area (Å²) >= 11 is 0. The van der Waals surface area contributed by atoms with E-state index >= 15 is 0 Å². The molecule has 0 unspecified atom stereocenters. The van der Waals surface area contributed by atoms with Crippen LogP contribution in [0.2, 0.25) is 0 Å². The Kier molecular flexibility index (Phi) is 4.63. The number of carboxylic acids is 1. The number of carboxylic acid groups (broad SMARTS) is 1. The molecule has 1 saturated heterocycles. The molecule has 0 aliphatic carbocycles. The molecule has 1 aromatic rings. The van der Waals surface area contributed by atoms with Gasteiger partial charge in [-0.15, -0.1) is 12.4 Å². The molecule has 1 heterocycles. The number of carbonyl (C=O) groups is 1. The van der Waals surface area contributed by atoms with Crippen molar-refractivity contribution in [2.24, 2.45) is 5.92 Å². The van der Waals surface area contributed by atoms with Crippen molar-refractivity contribution in [3.8, 4) is 0 Å². The van der Waals surface area contributed by atoms with Gasteiger partial charge in [0, 0.05) is 31.1 Å². The van der Waals surface area contributed by atoms with Crippen LogP contribution in [0.1, 0.15) is 11.5 Å². The van der Waals surface area contributed by atoms with Crippen LogP contribution < -0.4 is 5.32 Å². The molecule has 2 atom stereocenters. The summed E-state index contributed by atoms with van der Waals surface area (Å²) in [7, 11) is 0. The molecule has 0 radical (unpaired) electrons. The molecule has 0 aromatic heterocycles. The van der Waals surface area contributed by atoms with Crippen LogP contribution in [0.25, 0.3) is 0 Å². The van der Waals surface area contributed by atoms with Gasteiger partial charge in [-0.1, -0.05) is 12.1 Å². The summed E-state index contributed by atoms with van der Waals surface area (Å²) in [4.78, 5) is 21.1. The number of nitrogens with one attached hydrogen (secondary N) is 1. The SMILES string of the molecule is Cl.O=C(O)[C@H]1CNC[C@@H]1c1ccc([N+](=O)[O-])cc1. The lowest BCUT2D eigenvalue weighted by molar-refractivity contribution is -0.384. The van der Waals surface area contributed by atoms with Crippen molar-refractivity contribution >= 4 is 24.1 Å². The molecule has 1 aromatic carbocycles. The minimum atomic E-state index is -0.835. The lowest BCUT2D eigenvalue weighted by Gasteiger charge is -2.14. The van der Waals surface area contributed by atoms with Crippen molar-refractivity contribution in [2.45, 2.75) is 5.92 Å². The van der Waals surface area contributed by atoms with Gasteiger partial charge in [0.2, 0.25) is 0 Å². The molecule has 1 aliphatic rings. The van der Waals surface area contributed by atoms with Gasteiger partial charge in [-0.3, -0.25) is 14.9 Å². The third-order valence-electron chi connectivity index (χ3n) is 3.06. The quantitative estimate of drug-likeness (QED) is 0.641. The number of nitro benzene ring substituents is 1. The summed E-state index contributed by atoms with van der Waals surface area (Å²) in [6.45, 7) is 1.03. The van der Waals surface area contributed by atoms with Gasteiger partial charge in [0.15, 0.2) is 0 Å². The van der Waals surface area contributed by atoms with E-state index in [0.29, 0.717) is 13.1 Å². The van der Waals surface area contributed by atoms with Crippen molar-refractivity contribution in [2.75, 3.05) is 13.1 Å². The maximum atomic E-state index is 11.0. The fourth-order valence-corrected chi connectivity index (χ4v) is 2.13. The highest BCUT2D eigenvalue weighted by Crippen LogP contribution is 2.29. The average Bonchev–Trinajstić information content (AvgIpc) is 2.78. The molecular formula is C11H13ClN2O4. The Morgan fingerprint density at radius 1 is 1.33 bits per heavy atom. The van der Waals surface area contributed by atoms with Crippen LogP contribution in [-0.2, 0) is 4.79 Å². The van der Waals surface area contributed by atoms with E-state index in [1.165, 1.54) is 12.1 Å². The Balaban J connectivity index is 0.00000162. The zero-order valence-corrected chi connectivity index (χ0v) is 10.2. The normalized spacial score (nSPS) is 22.2. The number of benzene rings is 1. The molecule has 2 rings (SSSR count). The highest BCUT2D eigenvalue weighted by molar-refractivity contribution is 5.85. The molecule has 98 valence electrons. The van der Waals surface area contributed by atoms with E-state index in [2.05, 4.69) is 5.32 Å². The fourth-order valence-electron chi connectivity index (χ4n) is 2.13. The van der Waals surface area contributed by atoms with Crippen molar-refractivity contribution in [3.05, 3.63) is 39.9 Å². The Morgan fingerprint density at radius 2 is 1.94 bits per heavy atom. The summed E-state index contributed by atoms with van der Waals surface area (Å²) in [6, 6.07) is 6.08. The Labute approximate surface area is 110 Å². The monoisotopic (exact) mass is 272 g/mol. The van der Waals surface area contributed by atoms with E-state index in [1.54, 1.807) is 12.1 Å². The predicted molar refractivity (Wildman–Crippen MR) is 67.1 cm³/mol. The number of nitro groups is 1. The Bertz CT molecular complexity index is 449. The fraction of sp³-hybridized carbons (Fsp3) is 0.364. The molecule has 1 fully saturated rings. The lowest BCUT2D eigenvalue weighted by Crippen LogP contribution is -2.20. The molecule has 0 spiro atoms. The van der Waals surface area contributed by atoms with Crippen molar-refractivity contribution in [1.82, 2.24) is 5.32 Å². The smallest absolute Gasteiger partial charge is 0.308 e. The lowest BCUT2D eigenvalue weighted by atomic mass is 9.89. The molecule has 0 saturated carbocycles. The number of non-ortho nitro benzene ring substituents is 1. The van der Waals surface area contributed by atoms with Gasteiger partial charge in [-0.2, -0.15) is 0 Å². The Hall–Kier alpha value is -1.66. The average molecular weight is 273 g/mol. The number of halogens is 1. The third kappa shape index (κ3) is 2.77. The molecule has 1 aliphatic heterocycles. The Morgan fingerprint density at radius 3 is 2.44 bits per heavy atom. The van der Waals surface area contributed by atoms with Gasteiger partial charge in [0.25, 0.3) is 5.69 Å². The second kappa shape index (κ2) is 5.79.